The molecule has 1 atom stereocenters. The zero-order valence-electron chi connectivity index (χ0n) is 3.68. The molecule has 0 aromatic rings. The summed E-state index contributed by atoms with van der Waals surface area (Å²) in [5, 5.41) is 0. The normalized spacial score (nSPS) is 25.5. The van der Waals surface area contributed by atoms with Crippen molar-refractivity contribution in [1.82, 2.24) is 0 Å². The van der Waals surface area contributed by atoms with Crippen LogP contribution in [0.2, 0.25) is 0 Å². The minimum atomic E-state index is 0.824. The van der Waals surface area contributed by atoms with Crippen molar-refractivity contribution < 1.29 is 0 Å². The largest absolute Gasteiger partial charge is 0.147 e. The zero-order chi connectivity index (χ0) is 4.41. The van der Waals surface area contributed by atoms with Gasteiger partial charge < -0.3 is 0 Å². The van der Waals surface area contributed by atoms with Crippen LogP contribution in [0.5, 0.6) is 0 Å². The number of hydrogen-bond acceptors (Lipinski definition) is 2. The fourth-order valence-electron chi connectivity index (χ4n) is 0.389. The van der Waals surface area contributed by atoms with E-state index in [0.29, 0.717) is 0 Å². The van der Waals surface area contributed by atoms with Gasteiger partial charge in [0.1, 0.15) is 0 Å². The smallest absolute Gasteiger partial charge is 0.0478 e. The second-order valence-electron chi connectivity index (χ2n) is 1.20. The van der Waals surface area contributed by atoms with Crippen LogP contribution in [0.1, 0.15) is 6.92 Å². The molecule has 2 heteroatoms. The van der Waals surface area contributed by atoms with Crippen molar-refractivity contribution >= 4 is 23.5 Å². The van der Waals surface area contributed by atoms with Crippen LogP contribution < -0.4 is 0 Å². The third-order valence-corrected chi connectivity index (χ3v) is 3.21. The predicted octanol–water partition coefficient (Wildman–Crippen LogP) is 1.97. The average Bonchev–Trinajstić information content (AvgIpc) is 1.86. The van der Waals surface area contributed by atoms with E-state index in [1.807, 2.05) is 23.5 Å². The van der Waals surface area contributed by atoms with Gasteiger partial charge in [-0.25, -0.2) is 0 Å². The third-order valence-electron chi connectivity index (χ3n) is 0.687. The second kappa shape index (κ2) is 2.12. The zero-order valence-corrected chi connectivity index (χ0v) is 5.31. The van der Waals surface area contributed by atoms with Crippen molar-refractivity contribution in [2.75, 3.05) is 5.75 Å². The fraction of sp³-hybridized carbons (Fsp3) is 0.750. The maximum absolute atomic E-state index is 2.26. The van der Waals surface area contributed by atoms with Gasteiger partial charge in [0, 0.05) is 16.1 Å². The summed E-state index contributed by atoms with van der Waals surface area (Å²) in [4.78, 5) is 0. The van der Waals surface area contributed by atoms with Gasteiger partial charge in [0.15, 0.2) is 0 Å². The molecule has 0 bridgehead atoms. The van der Waals surface area contributed by atoms with Crippen LogP contribution in [-0.4, -0.2) is 10.3 Å². The first-order valence-electron chi connectivity index (χ1n) is 1.98. The van der Waals surface area contributed by atoms with E-state index in [4.69, 9.17) is 0 Å². The molecule has 1 aliphatic rings. The van der Waals surface area contributed by atoms with E-state index in [2.05, 4.69) is 12.7 Å². The van der Waals surface area contributed by atoms with Gasteiger partial charge in [-0.3, -0.25) is 0 Å². The highest BCUT2D eigenvalue weighted by Crippen LogP contribution is 2.33. The van der Waals surface area contributed by atoms with Crippen molar-refractivity contribution in [2.45, 2.75) is 11.5 Å². The van der Waals surface area contributed by atoms with Crippen molar-refractivity contribution in [3.8, 4) is 0 Å². The Balaban J connectivity index is 2.18. The third kappa shape index (κ3) is 1.09. The van der Waals surface area contributed by atoms with Crippen LogP contribution in [-0.2, 0) is 0 Å². The lowest BCUT2D eigenvalue weighted by Crippen LogP contribution is -1.74. The summed E-state index contributed by atoms with van der Waals surface area (Å²) in [6, 6.07) is 0. The first-order chi connectivity index (χ1) is 2.89. The van der Waals surface area contributed by atoms with Crippen molar-refractivity contribution in [2.24, 2.45) is 0 Å². The van der Waals surface area contributed by atoms with Gasteiger partial charge in [-0.1, -0.05) is 0 Å². The van der Waals surface area contributed by atoms with Crippen LogP contribution in [0.4, 0.5) is 0 Å². The Morgan fingerprint density at radius 1 is 1.83 bits per heavy atom. The summed E-state index contributed by atoms with van der Waals surface area (Å²) < 4.78 is 0.824. The molecule has 1 fully saturated rings. The Morgan fingerprint density at radius 2 is 2.67 bits per heavy atom. The van der Waals surface area contributed by atoms with E-state index in [1.165, 1.54) is 5.75 Å². The Hall–Kier alpha value is 0.700. The van der Waals surface area contributed by atoms with Crippen LogP contribution >= 0.6 is 23.5 Å². The number of rotatable bonds is 0. The van der Waals surface area contributed by atoms with Gasteiger partial charge in [-0.15, -0.1) is 23.5 Å². The van der Waals surface area contributed by atoms with E-state index in [1.54, 1.807) is 0 Å². The molecule has 35 valence electrons. The molecule has 0 aliphatic carbocycles. The molecule has 0 aromatic heterocycles. The van der Waals surface area contributed by atoms with Gasteiger partial charge in [0.25, 0.3) is 0 Å². The summed E-state index contributed by atoms with van der Waals surface area (Å²) in [6.07, 6.45) is 0. The van der Waals surface area contributed by atoms with Gasteiger partial charge in [-0.2, -0.15) is 0 Å². The Bertz CT molecular complexity index is 38.8. The van der Waals surface area contributed by atoms with Crippen LogP contribution in [0.3, 0.4) is 0 Å². The summed E-state index contributed by atoms with van der Waals surface area (Å²) in [6.45, 7) is 2.23. The van der Waals surface area contributed by atoms with E-state index in [0.717, 1.165) is 4.58 Å². The Morgan fingerprint density at radius 3 is 2.83 bits per heavy atom. The summed E-state index contributed by atoms with van der Waals surface area (Å²) >= 11 is 3.94. The van der Waals surface area contributed by atoms with E-state index < -0.39 is 0 Å². The van der Waals surface area contributed by atoms with E-state index in [-0.39, 0.29) is 0 Å². The average molecular weight is 119 g/mol. The standard InChI is InChI=1S/C4H7S2/c1-4-5-2-3-6-4/h2,4H,3H2,1H3. The Labute approximate surface area is 47.1 Å². The monoisotopic (exact) mass is 119 g/mol. The van der Waals surface area contributed by atoms with Gasteiger partial charge >= 0.3 is 0 Å². The van der Waals surface area contributed by atoms with E-state index in [9.17, 15) is 0 Å². The molecule has 1 radical (unpaired) electrons. The SMILES string of the molecule is CC1S[CH]CS1. The quantitative estimate of drug-likeness (QED) is 0.478. The molecule has 1 heterocycles. The molecule has 1 unspecified atom stereocenters. The minimum Gasteiger partial charge on any atom is -0.147 e. The maximum Gasteiger partial charge on any atom is 0.0478 e. The van der Waals surface area contributed by atoms with Crippen molar-refractivity contribution in [1.29, 1.82) is 0 Å². The highest BCUT2D eigenvalue weighted by Gasteiger charge is 2.08. The molecule has 1 aliphatic heterocycles. The molecule has 0 amide bonds. The van der Waals surface area contributed by atoms with Gasteiger partial charge in [-0.05, 0) is 6.92 Å². The molecule has 6 heavy (non-hydrogen) atoms. The summed E-state index contributed by atoms with van der Waals surface area (Å²) in [5.74, 6) is 3.50. The number of thioether (sulfide) groups is 2. The molecular formula is C4H7S2. The van der Waals surface area contributed by atoms with Crippen LogP contribution in [0.25, 0.3) is 0 Å². The lowest BCUT2D eigenvalue weighted by molar-refractivity contribution is 1.44. The minimum absolute atomic E-state index is 0.824. The van der Waals surface area contributed by atoms with Gasteiger partial charge in [0.2, 0.25) is 0 Å². The number of hydrogen-bond donors (Lipinski definition) is 0. The molecular weight excluding hydrogens is 112 g/mol. The molecule has 1 saturated heterocycles. The first kappa shape index (κ1) is 4.85. The molecule has 0 saturated carbocycles. The van der Waals surface area contributed by atoms with Gasteiger partial charge in [0.05, 0.1) is 0 Å². The second-order valence-corrected chi connectivity index (χ2v) is 4.19. The van der Waals surface area contributed by atoms with Crippen LogP contribution in [0.15, 0.2) is 0 Å². The molecule has 0 N–H and O–H groups in total. The molecule has 0 nitrogen and oxygen atoms in total. The topological polar surface area (TPSA) is 0 Å². The highest BCUT2D eigenvalue weighted by atomic mass is 32.2. The van der Waals surface area contributed by atoms with Crippen molar-refractivity contribution in [3.05, 3.63) is 5.75 Å². The highest BCUT2D eigenvalue weighted by molar-refractivity contribution is 8.21. The predicted molar refractivity (Wildman–Crippen MR) is 33.8 cm³/mol. The summed E-state index contributed by atoms with van der Waals surface area (Å²) in [5.41, 5.74) is 0. The maximum atomic E-state index is 2.26. The molecule has 0 aromatic carbocycles. The Kier molecular flexibility index (Phi) is 1.72. The summed E-state index contributed by atoms with van der Waals surface area (Å²) in [7, 11) is 0. The van der Waals surface area contributed by atoms with Crippen molar-refractivity contribution in [3.63, 3.8) is 0 Å². The molecule has 1 rings (SSSR count). The fourth-order valence-corrected chi connectivity index (χ4v) is 2.35. The van der Waals surface area contributed by atoms with E-state index >= 15 is 0 Å². The lowest BCUT2D eigenvalue weighted by Gasteiger charge is -1.90. The lowest BCUT2D eigenvalue weighted by atomic mass is 11.0. The molecule has 0 spiro atoms. The van der Waals surface area contributed by atoms with Crippen LogP contribution in [0, 0.1) is 5.75 Å². The first-order valence-corrected chi connectivity index (χ1v) is 3.97.